The highest BCUT2D eigenvalue weighted by Crippen LogP contribution is 2.22. The number of nitrogens with zero attached hydrogens (tertiary/aromatic N) is 1. The summed E-state index contributed by atoms with van der Waals surface area (Å²) >= 11 is 5.96. The van der Waals surface area contributed by atoms with Gasteiger partial charge in [-0.3, -0.25) is 5.10 Å². The highest BCUT2D eigenvalue weighted by atomic mass is 35.5. The second kappa shape index (κ2) is 5.99. The number of nitrogens with one attached hydrogen (secondary N) is 3. The Hall–Kier alpha value is -1.83. The molecule has 3 N–H and O–H groups in total. The van der Waals surface area contributed by atoms with Crippen LogP contribution in [0.4, 0.5) is 0 Å². The number of aromatic nitrogens is 3. The largest absolute Gasteiger partial charge is 0.361 e. The number of benzene rings is 1. The molecule has 0 aliphatic carbocycles. The third kappa shape index (κ3) is 3.12. The second-order valence-corrected chi connectivity index (χ2v) is 7.55. The van der Waals surface area contributed by atoms with Crippen LogP contribution in [-0.4, -0.2) is 30.1 Å². The van der Waals surface area contributed by atoms with Crippen LogP contribution in [0.1, 0.15) is 17.0 Å². The first kappa shape index (κ1) is 16.0. The maximum absolute atomic E-state index is 12.4. The number of rotatable bonds is 5. The molecule has 23 heavy (non-hydrogen) atoms. The minimum absolute atomic E-state index is 0.225. The van der Waals surface area contributed by atoms with Gasteiger partial charge in [0.05, 0.1) is 11.4 Å². The molecular weight excluding hydrogens is 336 g/mol. The van der Waals surface area contributed by atoms with Gasteiger partial charge in [-0.25, -0.2) is 13.1 Å². The zero-order valence-corrected chi connectivity index (χ0v) is 14.3. The smallest absolute Gasteiger partial charge is 0.244 e. The molecule has 0 atom stereocenters. The van der Waals surface area contributed by atoms with Crippen LogP contribution in [0.5, 0.6) is 0 Å². The lowest BCUT2D eigenvalue weighted by molar-refractivity contribution is 0.580. The molecule has 0 spiro atoms. The molecule has 8 heteroatoms. The molecule has 3 rings (SSSR count). The van der Waals surface area contributed by atoms with Crippen molar-refractivity contribution in [3.8, 4) is 0 Å². The van der Waals surface area contributed by atoms with Gasteiger partial charge in [0.25, 0.3) is 0 Å². The van der Waals surface area contributed by atoms with E-state index in [-0.39, 0.29) is 4.90 Å². The van der Waals surface area contributed by atoms with E-state index in [1.165, 1.54) is 0 Å². The number of fused-ring (bicyclic) bond motifs is 1. The molecule has 2 heterocycles. The maximum Gasteiger partial charge on any atom is 0.244 e. The summed E-state index contributed by atoms with van der Waals surface area (Å²) in [5.41, 5.74) is 2.99. The van der Waals surface area contributed by atoms with Gasteiger partial charge in [-0.05, 0) is 38.0 Å². The minimum Gasteiger partial charge on any atom is -0.361 e. The number of H-pyrrole nitrogens is 2. The summed E-state index contributed by atoms with van der Waals surface area (Å²) in [7, 11) is -3.57. The van der Waals surface area contributed by atoms with Crippen LogP contribution < -0.4 is 4.72 Å². The van der Waals surface area contributed by atoms with Crippen molar-refractivity contribution >= 4 is 32.5 Å². The Morgan fingerprint density at radius 2 is 2.09 bits per heavy atom. The molecule has 0 radical (unpaired) electrons. The van der Waals surface area contributed by atoms with Crippen LogP contribution in [0.25, 0.3) is 10.9 Å². The van der Waals surface area contributed by atoms with Crippen LogP contribution in [-0.2, 0) is 16.4 Å². The van der Waals surface area contributed by atoms with Gasteiger partial charge in [0.2, 0.25) is 10.0 Å². The summed E-state index contributed by atoms with van der Waals surface area (Å²) in [5, 5.41) is 8.33. The molecular formula is C15H17ClN4O2S. The van der Waals surface area contributed by atoms with Crippen molar-refractivity contribution in [2.24, 2.45) is 0 Å². The Balaban J connectivity index is 1.74. The van der Waals surface area contributed by atoms with E-state index in [1.807, 2.05) is 24.4 Å². The number of hydrogen-bond donors (Lipinski definition) is 3. The molecule has 6 nitrogen and oxygen atoms in total. The molecule has 0 aliphatic heterocycles. The molecule has 0 saturated heterocycles. The molecule has 2 aromatic heterocycles. The Morgan fingerprint density at radius 3 is 2.78 bits per heavy atom. The van der Waals surface area contributed by atoms with Gasteiger partial charge in [0, 0.05) is 28.7 Å². The highest BCUT2D eigenvalue weighted by molar-refractivity contribution is 7.89. The lowest BCUT2D eigenvalue weighted by Gasteiger charge is -2.06. The van der Waals surface area contributed by atoms with E-state index in [4.69, 9.17) is 11.6 Å². The maximum atomic E-state index is 12.4. The third-order valence-electron chi connectivity index (χ3n) is 3.75. The Labute approximate surface area is 139 Å². The normalized spacial score (nSPS) is 12.1. The fourth-order valence-corrected chi connectivity index (χ4v) is 4.26. The Kier molecular flexibility index (Phi) is 4.18. The van der Waals surface area contributed by atoms with Crippen molar-refractivity contribution in [3.63, 3.8) is 0 Å². The first-order valence-corrected chi connectivity index (χ1v) is 9.01. The molecule has 0 unspecified atom stereocenters. The van der Waals surface area contributed by atoms with Gasteiger partial charge in [0.15, 0.2) is 0 Å². The zero-order chi connectivity index (χ0) is 16.6. The van der Waals surface area contributed by atoms with Crippen LogP contribution in [0.2, 0.25) is 5.02 Å². The SMILES string of the molecule is Cc1n[nH]c(C)c1S(=O)(=O)NCCc1c[nH]c2cc(Cl)ccc12. The van der Waals surface area contributed by atoms with E-state index in [1.54, 1.807) is 13.8 Å². The molecule has 0 aliphatic rings. The lowest BCUT2D eigenvalue weighted by atomic mass is 10.1. The van der Waals surface area contributed by atoms with Crippen molar-refractivity contribution in [1.29, 1.82) is 0 Å². The van der Waals surface area contributed by atoms with E-state index < -0.39 is 10.0 Å². The van der Waals surface area contributed by atoms with Crippen LogP contribution in [0.3, 0.4) is 0 Å². The van der Waals surface area contributed by atoms with Crippen molar-refractivity contribution in [2.45, 2.75) is 25.2 Å². The standard InChI is InChI=1S/C15H17ClN4O2S/c1-9-15(10(2)20-19-9)23(21,22)18-6-5-11-8-17-14-7-12(16)3-4-13(11)14/h3-4,7-8,17-18H,5-6H2,1-2H3,(H,19,20). The molecule has 1 aromatic carbocycles. The zero-order valence-electron chi connectivity index (χ0n) is 12.8. The Morgan fingerprint density at radius 1 is 1.30 bits per heavy atom. The first-order chi connectivity index (χ1) is 10.9. The number of hydrogen-bond acceptors (Lipinski definition) is 3. The summed E-state index contributed by atoms with van der Waals surface area (Å²) < 4.78 is 27.4. The van der Waals surface area contributed by atoms with E-state index in [9.17, 15) is 8.42 Å². The number of aromatic amines is 2. The molecule has 3 aromatic rings. The summed E-state index contributed by atoms with van der Waals surface area (Å²) in [6.07, 6.45) is 2.46. The fourth-order valence-electron chi connectivity index (χ4n) is 2.69. The van der Waals surface area contributed by atoms with Gasteiger partial charge in [0.1, 0.15) is 4.90 Å². The summed E-state index contributed by atoms with van der Waals surface area (Å²) in [6, 6.07) is 5.61. The lowest BCUT2D eigenvalue weighted by Crippen LogP contribution is -2.26. The van der Waals surface area contributed by atoms with Crippen LogP contribution in [0.15, 0.2) is 29.3 Å². The third-order valence-corrected chi connectivity index (χ3v) is 5.70. The first-order valence-electron chi connectivity index (χ1n) is 7.15. The molecule has 0 fully saturated rings. The van der Waals surface area contributed by atoms with Gasteiger partial charge < -0.3 is 4.98 Å². The van der Waals surface area contributed by atoms with E-state index in [2.05, 4.69) is 19.9 Å². The molecule has 0 saturated carbocycles. The summed E-state index contributed by atoms with van der Waals surface area (Å²) in [4.78, 5) is 3.37. The molecule has 0 amide bonds. The average molecular weight is 353 g/mol. The Bertz CT molecular complexity index is 940. The predicted octanol–water partition coefficient (Wildman–Crippen LogP) is 2.68. The van der Waals surface area contributed by atoms with Crippen LogP contribution >= 0.6 is 11.6 Å². The van der Waals surface area contributed by atoms with Gasteiger partial charge >= 0.3 is 0 Å². The van der Waals surface area contributed by atoms with E-state index in [0.29, 0.717) is 29.4 Å². The van der Waals surface area contributed by atoms with E-state index in [0.717, 1.165) is 16.5 Å². The summed E-state index contributed by atoms with van der Waals surface area (Å²) in [6.45, 7) is 3.67. The number of aryl methyl sites for hydroxylation is 2. The van der Waals surface area contributed by atoms with Crippen LogP contribution in [0, 0.1) is 13.8 Å². The van der Waals surface area contributed by atoms with Crippen molar-refractivity contribution in [1.82, 2.24) is 19.9 Å². The predicted molar refractivity (Wildman–Crippen MR) is 90.3 cm³/mol. The van der Waals surface area contributed by atoms with Gasteiger partial charge in [-0.15, -0.1) is 0 Å². The quantitative estimate of drug-likeness (QED) is 0.659. The summed E-state index contributed by atoms with van der Waals surface area (Å²) in [5.74, 6) is 0. The average Bonchev–Trinajstić information content (AvgIpc) is 3.02. The number of halogens is 1. The van der Waals surface area contributed by atoms with Gasteiger partial charge in [-0.1, -0.05) is 17.7 Å². The highest BCUT2D eigenvalue weighted by Gasteiger charge is 2.21. The van der Waals surface area contributed by atoms with Gasteiger partial charge in [-0.2, -0.15) is 5.10 Å². The monoisotopic (exact) mass is 352 g/mol. The van der Waals surface area contributed by atoms with Crippen molar-refractivity contribution in [3.05, 3.63) is 46.4 Å². The molecule has 122 valence electrons. The fraction of sp³-hybridized carbons (Fsp3) is 0.267. The minimum atomic E-state index is -3.57. The topological polar surface area (TPSA) is 90.6 Å². The van der Waals surface area contributed by atoms with E-state index >= 15 is 0 Å². The second-order valence-electron chi connectivity index (χ2n) is 5.41. The van der Waals surface area contributed by atoms with Crippen molar-refractivity contribution < 1.29 is 8.42 Å². The van der Waals surface area contributed by atoms with Crippen molar-refractivity contribution in [2.75, 3.05) is 6.54 Å². The molecule has 0 bridgehead atoms. The number of sulfonamides is 1.